The number of nitrogens with one attached hydrogen (secondary N) is 1. The summed E-state index contributed by atoms with van der Waals surface area (Å²) in [5.74, 6) is 0.784. The highest BCUT2D eigenvalue weighted by atomic mass is 32.1. The maximum absolute atomic E-state index is 8.90. The van der Waals surface area contributed by atoms with E-state index in [0.717, 1.165) is 53.8 Å². The first kappa shape index (κ1) is 18.7. The van der Waals surface area contributed by atoms with Crippen molar-refractivity contribution < 1.29 is 0 Å². The van der Waals surface area contributed by atoms with E-state index in [1.807, 2.05) is 24.3 Å². The summed E-state index contributed by atoms with van der Waals surface area (Å²) < 4.78 is 2.21. The Bertz CT molecular complexity index is 1220. The van der Waals surface area contributed by atoms with E-state index in [0.29, 0.717) is 5.69 Å². The minimum absolute atomic E-state index is 0.287. The van der Waals surface area contributed by atoms with E-state index in [1.54, 1.807) is 23.6 Å². The van der Waals surface area contributed by atoms with Crippen molar-refractivity contribution in [3.63, 3.8) is 0 Å². The van der Waals surface area contributed by atoms with Crippen molar-refractivity contribution in [2.75, 3.05) is 11.9 Å². The van der Waals surface area contributed by atoms with Gasteiger partial charge in [0, 0.05) is 18.1 Å². The molecular weight excluding hydrogens is 394 g/mol. The highest BCUT2D eigenvalue weighted by Crippen LogP contribution is 2.33. The van der Waals surface area contributed by atoms with Gasteiger partial charge in [-0.1, -0.05) is 6.07 Å². The summed E-state index contributed by atoms with van der Waals surface area (Å²) in [6, 6.07) is 12.0. The number of nitrogens with zero attached hydrogens (tertiary/aromatic N) is 6. The third-order valence-corrected chi connectivity index (χ3v) is 6.30. The van der Waals surface area contributed by atoms with Crippen LogP contribution in [0.2, 0.25) is 0 Å². The van der Waals surface area contributed by atoms with E-state index in [1.165, 1.54) is 5.69 Å². The number of hydrogen-bond donors (Lipinski definition) is 1. The second-order valence-corrected chi connectivity index (χ2v) is 8.32. The molecule has 1 saturated heterocycles. The minimum Gasteiger partial charge on any atom is -0.339 e. The number of thiazole rings is 1. The summed E-state index contributed by atoms with van der Waals surface area (Å²) >= 11 is 1.67. The molecule has 5 rings (SSSR count). The number of imidazole rings is 1. The van der Waals surface area contributed by atoms with Crippen LogP contribution in [-0.4, -0.2) is 30.8 Å². The molecule has 1 aliphatic heterocycles. The second-order valence-electron chi connectivity index (χ2n) is 7.44. The van der Waals surface area contributed by atoms with E-state index >= 15 is 0 Å². The predicted octanol–water partition coefficient (Wildman–Crippen LogP) is 4.45. The fourth-order valence-electron chi connectivity index (χ4n) is 4.06. The molecule has 0 unspecified atom stereocenters. The van der Waals surface area contributed by atoms with Gasteiger partial charge in [-0.15, -0.1) is 11.3 Å². The summed E-state index contributed by atoms with van der Waals surface area (Å²) in [5, 5.41) is 14.3. The molecule has 7 nitrogen and oxygen atoms in total. The molecule has 1 N–H and O–H groups in total. The maximum Gasteiger partial charge on any atom is 0.194 e. The van der Waals surface area contributed by atoms with Gasteiger partial charge in [0.15, 0.2) is 4.96 Å². The number of hydrogen-bond acceptors (Lipinski definition) is 7. The molecule has 4 aromatic heterocycles. The molecule has 0 amide bonds. The molecule has 0 spiro atoms. The highest BCUT2D eigenvalue weighted by molar-refractivity contribution is 7.15. The van der Waals surface area contributed by atoms with Gasteiger partial charge in [0.05, 0.1) is 35.0 Å². The second kappa shape index (κ2) is 7.86. The van der Waals surface area contributed by atoms with Gasteiger partial charge in [-0.05, 0) is 50.6 Å². The predicted molar refractivity (Wildman–Crippen MR) is 117 cm³/mol. The number of aromatic nitrogens is 4. The van der Waals surface area contributed by atoms with Crippen molar-refractivity contribution >= 4 is 27.8 Å². The Balaban J connectivity index is 1.36. The first-order valence-corrected chi connectivity index (χ1v) is 10.8. The molecule has 0 aliphatic carbocycles. The van der Waals surface area contributed by atoms with Gasteiger partial charge < -0.3 is 5.32 Å². The van der Waals surface area contributed by atoms with Crippen molar-refractivity contribution in [3.05, 3.63) is 70.9 Å². The van der Waals surface area contributed by atoms with Crippen molar-refractivity contribution in [2.45, 2.75) is 32.4 Å². The molecule has 0 saturated carbocycles. The van der Waals surface area contributed by atoms with E-state index in [4.69, 9.17) is 10.2 Å². The fourth-order valence-corrected chi connectivity index (χ4v) is 4.84. The molecule has 1 atom stereocenters. The number of pyridine rings is 2. The lowest BCUT2D eigenvalue weighted by Crippen LogP contribution is -2.24. The Labute approximate surface area is 178 Å². The summed E-state index contributed by atoms with van der Waals surface area (Å²) in [7, 11) is 0. The lowest BCUT2D eigenvalue weighted by Gasteiger charge is -2.24. The van der Waals surface area contributed by atoms with Gasteiger partial charge in [-0.25, -0.2) is 15.0 Å². The van der Waals surface area contributed by atoms with Crippen LogP contribution < -0.4 is 5.32 Å². The smallest absolute Gasteiger partial charge is 0.194 e. The first-order valence-electron chi connectivity index (χ1n) is 9.96. The van der Waals surface area contributed by atoms with Gasteiger partial charge in [-0.2, -0.15) is 5.26 Å². The fraction of sp³-hybridized carbons (Fsp3) is 0.273. The number of aryl methyl sites for hydroxylation is 1. The van der Waals surface area contributed by atoms with Crippen LogP contribution in [0.3, 0.4) is 0 Å². The summed E-state index contributed by atoms with van der Waals surface area (Å²) in [4.78, 5) is 17.2. The highest BCUT2D eigenvalue weighted by Gasteiger charge is 2.28. The molecule has 4 aromatic rings. The van der Waals surface area contributed by atoms with E-state index in [9.17, 15) is 0 Å². The van der Waals surface area contributed by atoms with E-state index in [2.05, 4.69) is 49.2 Å². The van der Waals surface area contributed by atoms with Crippen molar-refractivity contribution in [2.24, 2.45) is 0 Å². The summed E-state index contributed by atoms with van der Waals surface area (Å²) in [6.07, 6.45) is 6.02. The van der Waals surface area contributed by atoms with Crippen LogP contribution in [0.25, 0.3) is 4.96 Å². The Morgan fingerprint density at radius 2 is 2.20 bits per heavy atom. The Morgan fingerprint density at radius 3 is 3.03 bits per heavy atom. The zero-order chi connectivity index (χ0) is 20.5. The molecule has 1 fully saturated rings. The van der Waals surface area contributed by atoms with E-state index in [-0.39, 0.29) is 6.04 Å². The molecule has 1 aliphatic rings. The van der Waals surface area contributed by atoms with E-state index < -0.39 is 0 Å². The van der Waals surface area contributed by atoms with Crippen LogP contribution in [0, 0.1) is 18.3 Å². The molecule has 0 aromatic carbocycles. The number of rotatable bonds is 5. The zero-order valence-corrected chi connectivity index (χ0v) is 17.4. The average molecular weight is 416 g/mol. The lowest BCUT2D eigenvalue weighted by molar-refractivity contribution is 0.240. The number of likely N-dealkylation sites (tertiary alicyclic amines) is 1. The average Bonchev–Trinajstić information content (AvgIpc) is 3.47. The Hall–Kier alpha value is -3.28. The van der Waals surface area contributed by atoms with Crippen molar-refractivity contribution in [1.29, 1.82) is 5.26 Å². The Morgan fingerprint density at radius 1 is 1.27 bits per heavy atom. The van der Waals surface area contributed by atoms with Gasteiger partial charge >= 0.3 is 0 Å². The van der Waals surface area contributed by atoms with Crippen LogP contribution in [0.15, 0.2) is 48.1 Å². The van der Waals surface area contributed by atoms with Crippen LogP contribution in [0.5, 0.6) is 0 Å². The van der Waals surface area contributed by atoms with Crippen molar-refractivity contribution in [1.82, 2.24) is 24.3 Å². The van der Waals surface area contributed by atoms with Gasteiger partial charge in [-0.3, -0.25) is 9.30 Å². The molecule has 5 heterocycles. The zero-order valence-electron chi connectivity index (χ0n) is 16.6. The first-order chi connectivity index (χ1) is 14.7. The standard InChI is InChI=1S/C22H21N7S/c1-15-20(29-10-11-30-22(29)25-15)14-28-9-3-5-19(28)18-4-2-6-21(27-18)26-17-8-7-16(12-23)24-13-17/h2,4,6-8,10-11,13,19H,3,5,9,14H2,1H3,(H,26,27)/t19-/m0/s1. The van der Waals surface area contributed by atoms with Crippen LogP contribution in [0.4, 0.5) is 11.5 Å². The summed E-state index contributed by atoms with van der Waals surface area (Å²) in [5.41, 5.74) is 4.65. The normalized spacial score (nSPS) is 16.7. The number of anilines is 2. The van der Waals surface area contributed by atoms with Crippen LogP contribution in [-0.2, 0) is 6.54 Å². The molecule has 150 valence electrons. The number of fused-ring (bicyclic) bond motifs is 1. The third kappa shape index (κ3) is 3.54. The maximum atomic E-state index is 8.90. The Kier molecular flexibility index (Phi) is 4.91. The SMILES string of the molecule is Cc1nc2sccn2c1CN1CCC[C@H]1c1cccc(Nc2ccc(C#N)nc2)n1. The van der Waals surface area contributed by atoms with Gasteiger partial charge in [0.25, 0.3) is 0 Å². The molecule has 8 heteroatoms. The minimum atomic E-state index is 0.287. The monoisotopic (exact) mass is 415 g/mol. The topological polar surface area (TPSA) is 82.1 Å². The van der Waals surface area contributed by atoms with Crippen LogP contribution in [0.1, 0.15) is 41.7 Å². The molecule has 30 heavy (non-hydrogen) atoms. The third-order valence-electron chi connectivity index (χ3n) is 5.54. The molecule has 0 radical (unpaired) electrons. The largest absolute Gasteiger partial charge is 0.339 e. The summed E-state index contributed by atoms with van der Waals surface area (Å²) in [6.45, 7) is 4.02. The van der Waals surface area contributed by atoms with Gasteiger partial charge in [0.1, 0.15) is 17.6 Å². The lowest BCUT2D eigenvalue weighted by atomic mass is 10.1. The number of nitriles is 1. The van der Waals surface area contributed by atoms with Gasteiger partial charge in [0.2, 0.25) is 0 Å². The quantitative estimate of drug-likeness (QED) is 0.519. The van der Waals surface area contributed by atoms with Crippen molar-refractivity contribution in [3.8, 4) is 6.07 Å². The van der Waals surface area contributed by atoms with Crippen LogP contribution >= 0.6 is 11.3 Å². The molecular formula is C22H21N7S. The molecule has 0 bridgehead atoms.